The second kappa shape index (κ2) is 4.70. The zero-order valence-corrected chi connectivity index (χ0v) is 10.5. The molecule has 1 N–H and O–H groups in total. The van der Waals surface area contributed by atoms with Gasteiger partial charge in [0.05, 0.1) is 5.52 Å². The Kier molecular flexibility index (Phi) is 3.29. The van der Waals surface area contributed by atoms with Crippen LogP contribution in [0.1, 0.15) is 19.8 Å². The monoisotopic (exact) mass is 281 g/mol. The van der Waals surface area contributed by atoms with Crippen molar-refractivity contribution < 1.29 is 9.53 Å². The Morgan fingerprint density at radius 1 is 1.50 bits per heavy atom. The van der Waals surface area contributed by atoms with E-state index in [2.05, 4.69) is 20.9 Å². The molecule has 0 aliphatic carbocycles. The maximum atomic E-state index is 11.4. The number of aromatic amines is 1. The standard InChI is InChI=1S/C12H12BrNO2/c1-2-3-12(15)16-11-7-14-10-6-8(13)4-5-9(10)11/h4-7,14H,2-3H2,1H3. The number of hydrogen-bond acceptors (Lipinski definition) is 2. The first kappa shape index (κ1) is 11.2. The third kappa shape index (κ3) is 2.27. The molecule has 0 bridgehead atoms. The van der Waals surface area contributed by atoms with E-state index in [1.54, 1.807) is 6.20 Å². The Labute approximate surface area is 102 Å². The van der Waals surface area contributed by atoms with Gasteiger partial charge in [0.15, 0.2) is 5.75 Å². The number of halogens is 1. The molecular formula is C12H12BrNO2. The lowest BCUT2D eigenvalue weighted by atomic mass is 10.2. The van der Waals surface area contributed by atoms with E-state index in [4.69, 9.17) is 4.74 Å². The quantitative estimate of drug-likeness (QED) is 0.873. The van der Waals surface area contributed by atoms with E-state index in [1.807, 2.05) is 25.1 Å². The van der Waals surface area contributed by atoms with Crippen LogP contribution in [0.25, 0.3) is 10.9 Å². The van der Waals surface area contributed by atoms with Crippen LogP contribution in [-0.2, 0) is 4.79 Å². The fraction of sp³-hybridized carbons (Fsp3) is 0.250. The van der Waals surface area contributed by atoms with Crippen LogP contribution in [-0.4, -0.2) is 11.0 Å². The smallest absolute Gasteiger partial charge is 0.311 e. The van der Waals surface area contributed by atoms with Crippen molar-refractivity contribution in [3.05, 3.63) is 28.9 Å². The van der Waals surface area contributed by atoms with Crippen molar-refractivity contribution in [1.29, 1.82) is 0 Å². The number of benzene rings is 1. The summed E-state index contributed by atoms with van der Waals surface area (Å²) in [6, 6.07) is 5.80. The van der Waals surface area contributed by atoms with Crippen molar-refractivity contribution >= 4 is 32.8 Å². The van der Waals surface area contributed by atoms with Gasteiger partial charge >= 0.3 is 5.97 Å². The molecule has 3 nitrogen and oxygen atoms in total. The van der Waals surface area contributed by atoms with Crippen LogP contribution in [0.2, 0.25) is 0 Å². The zero-order valence-electron chi connectivity index (χ0n) is 8.92. The van der Waals surface area contributed by atoms with Crippen LogP contribution in [0.5, 0.6) is 5.75 Å². The molecule has 0 unspecified atom stereocenters. The fourth-order valence-electron chi connectivity index (χ4n) is 1.53. The summed E-state index contributed by atoms with van der Waals surface area (Å²) >= 11 is 3.39. The summed E-state index contributed by atoms with van der Waals surface area (Å²) in [5.41, 5.74) is 0.952. The molecule has 16 heavy (non-hydrogen) atoms. The Morgan fingerprint density at radius 3 is 3.06 bits per heavy atom. The van der Waals surface area contributed by atoms with Crippen LogP contribution >= 0.6 is 15.9 Å². The first-order valence-electron chi connectivity index (χ1n) is 5.18. The highest BCUT2D eigenvalue weighted by Crippen LogP contribution is 2.28. The summed E-state index contributed by atoms with van der Waals surface area (Å²) in [6.45, 7) is 1.95. The maximum Gasteiger partial charge on any atom is 0.311 e. The van der Waals surface area contributed by atoms with Gasteiger partial charge in [-0.15, -0.1) is 0 Å². The number of aromatic nitrogens is 1. The van der Waals surface area contributed by atoms with Gasteiger partial charge in [0.2, 0.25) is 0 Å². The number of ether oxygens (including phenoxy) is 1. The van der Waals surface area contributed by atoms with Crippen molar-refractivity contribution in [2.45, 2.75) is 19.8 Å². The summed E-state index contributed by atoms with van der Waals surface area (Å²) in [7, 11) is 0. The lowest BCUT2D eigenvalue weighted by molar-refractivity contribution is -0.134. The van der Waals surface area contributed by atoms with E-state index in [1.165, 1.54) is 0 Å². The Bertz CT molecular complexity index is 519. The molecule has 1 aromatic carbocycles. The Balaban J connectivity index is 2.28. The highest BCUT2D eigenvalue weighted by Gasteiger charge is 2.09. The summed E-state index contributed by atoms with van der Waals surface area (Å²) < 4.78 is 6.26. The van der Waals surface area contributed by atoms with Crippen molar-refractivity contribution in [2.75, 3.05) is 0 Å². The van der Waals surface area contributed by atoms with E-state index in [-0.39, 0.29) is 5.97 Å². The molecule has 2 aromatic rings. The molecule has 2 rings (SSSR count). The van der Waals surface area contributed by atoms with Gasteiger partial charge in [-0.3, -0.25) is 4.79 Å². The van der Waals surface area contributed by atoms with Crippen LogP contribution in [0.15, 0.2) is 28.9 Å². The molecule has 1 heterocycles. The molecule has 0 fully saturated rings. The average Bonchev–Trinajstić information content (AvgIpc) is 2.61. The van der Waals surface area contributed by atoms with Gasteiger partial charge in [-0.2, -0.15) is 0 Å². The van der Waals surface area contributed by atoms with E-state index in [0.29, 0.717) is 12.2 Å². The maximum absolute atomic E-state index is 11.4. The van der Waals surface area contributed by atoms with Crippen molar-refractivity contribution in [3.8, 4) is 5.75 Å². The minimum Gasteiger partial charge on any atom is -0.424 e. The van der Waals surface area contributed by atoms with Crippen LogP contribution in [0.3, 0.4) is 0 Å². The summed E-state index contributed by atoms with van der Waals surface area (Å²) in [6.07, 6.45) is 2.96. The molecule has 0 saturated carbocycles. The first-order valence-corrected chi connectivity index (χ1v) is 5.97. The largest absolute Gasteiger partial charge is 0.424 e. The normalized spacial score (nSPS) is 10.6. The predicted octanol–water partition coefficient (Wildman–Crippen LogP) is 3.64. The molecule has 84 valence electrons. The highest BCUT2D eigenvalue weighted by atomic mass is 79.9. The number of carbonyl (C=O) groups is 1. The predicted molar refractivity (Wildman–Crippen MR) is 66.5 cm³/mol. The molecule has 4 heteroatoms. The molecule has 1 aromatic heterocycles. The molecule has 0 aliphatic rings. The number of carbonyl (C=O) groups excluding carboxylic acids is 1. The van der Waals surface area contributed by atoms with Crippen LogP contribution in [0, 0.1) is 0 Å². The average molecular weight is 282 g/mol. The molecule has 0 amide bonds. The SMILES string of the molecule is CCCC(=O)Oc1c[nH]c2cc(Br)ccc12. The summed E-state index contributed by atoms with van der Waals surface area (Å²) in [5, 5.41) is 0.924. The van der Waals surface area contributed by atoms with E-state index in [9.17, 15) is 4.79 Å². The zero-order chi connectivity index (χ0) is 11.5. The van der Waals surface area contributed by atoms with Gasteiger partial charge in [0.25, 0.3) is 0 Å². The number of fused-ring (bicyclic) bond motifs is 1. The lowest BCUT2D eigenvalue weighted by Crippen LogP contribution is -2.06. The lowest BCUT2D eigenvalue weighted by Gasteiger charge is -2.01. The Morgan fingerprint density at radius 2 is 2.31 bits per heavy atom. The van der Waals surface area contributed by atoms with E-state index < -0.39 is 0 Å². The van der Waals surface area contributed by atoms with E-state index >= 15 is 0 Å². The Hall–Kier alpha value is -1.29. The second-order valence-corrected chi connectivity index (χ2v) is 4.48. The number of esters is 1. The van der Waals surface area contributed by atoms with Crippen LogP contribution < -0.4 is 4.74 Å². The summed E-state index contributed by atoms with van der Waals surface area (Å²) in [4.78, 5) is 14.4. The third-order valence-corrected chi connectivity index (χ3v) is 2.78. The molecule has 0 atom stereocenters. The van der Waals surface area contributed by atoms with E-state index in [0.717, 1.165) is 21.8 Å². The number of H-pyrrole nitrogens is 1. The van der Waals surface area contributed by atoms with Gasteiger partial charge in [-0.05, 0) is 24.6 Å². The van der Waals surface area contributed by atoms with Gasteiger partial charge in [0.1, 0.15) is 0 Å². The van der Waals surface area contributed by atoms with Gasteiger partial charge in [0, 0.05) is 22.5 Å². The number of nitrogens with one attached hydrogen (secondary N) is 1. The first-order chi connectivity index (χ1) is 7.70. The third-order valence-electron chi connectivity index (χ3n) is 2.28. The minimum atomic E-state index is -0.189. The molecule has 0 spiro atoms. The van der Waals surface area contributed by atoms with Crippen molar-refractivity contribution in [1.82, 2.24) is 4.98 Å². The van der Waals surface area contributed by atoms with Gasteiger partial charge in [-0.25, -0.2) is 0 Å². The molecule has 0 saturated heterocycles. The van der Waals surface area contributed by atoms with Crippen LogP contribution in [0.4, 0.5) is 0 Å². The van der Waals surface area contributed by atoms with Crippen molar-refractivity contribution in [3.63, 3.8) is 0 Å². The van der Waals surface area contributed by atoms with Crippen molar-refractivity contribution in [2.24, 2.45) is 0 Å². The number of rotatable bonds is 3. The fourth-order valence-corrected chi connectivity index (χ4v) is 1.90. The molecular weight excluding hydrogens is 270 g/mol. The van der Waals surface area contributed by atoms with Gasteiger partial charge in [-0.1, -0.05) is 22.9 Å². The summed E-state index contributed by atoms with van der Waals surface area (Å²) in [5.74, 6) is 0.410. The molecule has 0 radical (unpaired) electrons. The van der Waals surface area contributed by atoms with Gasteiger partial charge < -0.3 is 9.72 Å². The minimum absolute atomic E-state index is 0.189. The highest BCUT2D eigenvalue weighted by molar-refractivity contribution is 9.10. The topological polar surface area (TPSA) is 42.1 Å². The molecule has 0 aliphatic heterocycles. The second-order valence-electron chi connectivity index (χ2n) is 3.57. The number of hydrogen-bond donors (Lipinski definition) is 1.